The fourth-order valence-electron chi connectivity index (χ4n) is 6.89. The molecule has 4 aliphatic heterocycles. The Bertz CT molecular complexity index is 1050. The molecule has 0 radical (unpaired) electrons. The fraction of sp³-hybridized carbons (Fsp3) is 0.679. The number of benzene rings is 1. The van der Waals surface area contributed by atoms with Crippen LogP contribution < -0.4 is 15.4 Å². The van der Waals surface area contributed by atoms with Crippen LogP contribution in [0.1, 0.15) is 26.7 Å². The number of carbonyl (C=O) groups is 3. The molecule has 4 saturated heterocycles. The molecule has 1 aromatic rings. The van der Waals surface area contributed by atoms with Gasteiger partial charge in [-0.25, -0.2) is 0 Å². The van der Waals surface area contributed by atoms with E-state index in [2.05, 4.69) is 22.5 Å². The maximum atomic E-state index is 14.0. The van der Waals surface area contributed by atoms with Crippen LogP contribution in [0, 0.1) is 17.8 Å². The summed E-state index contributed by atoms with van der Waals surface area (Å²) in [5, 5.41) is 15.6. The number of carbonyl (C=O) groups excluding carboxylic acids is 3. The van der Waals surface area contributed by atoms with Crippen molar-refractivity contribution < 1.29 is 29.0 Å². The molecule has 10 nitrogen and oxygen atoms in total. The first-order valence-electron chi connectivity index (χ1n) is 14.1. The molecule has 3 amide bonds. The topological polar surface area (TPSA) is 120 Å². The molecule has 3 unspecified atom stereocenters. The molecule has 4 heterocycles. The van der Waals surface area contributed by atoms with Crippen molar-refractivity contribution in [2.24, 2.45) is 17.8 Å². The number of fused-ring (bicyclic) bond motifs is 1. The van der Waals surface area contributed by atoms with Crippen LogP contribution in [0.25, 0.3) is 0 Å². The van der Waals surface area contributed by atoms with Crippen molar-refractivity contribution in [2.75, 3.05) is 64.5 Å². The SMILES string of the molecule is CCOc1ccc(NC(=O)[C@@H]2[C@@H]3CC(C)C4(S3)C(C(=O)NCCN3CCOCC3)N(CCCO)C(=O)[C@H]24)cc1. The summed E-state index contributed by atoms with van der Waals surface area (Å²) in [6.45, 7) is 9.09. The lowest BCUT2D eigenvalue weighted by Gasteiger charge is -2.38. The van der Waals surface area contributed by atoms with Gasteiger partial charge in [0.2, 0.25) is 17.7 Å². The summed E-state index contributed by atoms with van der Waals surface area (Å²) < 4.78 is 10.2. The average molecular weight is 561 g/mol. The Morgan fingerprint density at radius 1 is 1.18 bits per heavy atom. The van der Waals surface area contributed by atoms with Gasteiger partial charge in [0.1, 0.15) is 11.8 Å². The first kappa shape index (κ1) is 28.2. The molecule has 6 atom stereocenters. The fourth-order valence-corrected chi connectivity index (χ4v) is 9.31. The summed E-state index contributed by atoms with van der Waals surface area (Å²) in [6.07, 6.45) is 1.17. The highest BCUT2D eigenvalue weighted by Gasteiger charge is 2.75. The van der Waals surface area contributed by atoms with Crippen molar-refractivity contribution in [3.63, 3.8) is 0 Å². The van der Waals surface area contributed by atoms with Crippen LogP contribution in [0.2, 0.25) is 0 Å². The van der Waals surface area contributed by atoms with Crippen LogP contribution in [-0.4, -0.2) is 108 Å². The summed E-state index contributed by atoms with van der Waals surface area (Å²) in [7, 11) is 0. The Labute approximate surface area is 234 Å². The van der Waals surface area contributed by atoms with Gasteiger partial charge in [-0.3, -0.25) is 19.3 Å². The van der Waals surface area contributed by atoms with Gasteiger partial charge in [-0.05, 0) is 49.9 Å². The number of nitrogens with zero attached hydrogens (tertiary/aromatic N) is 2. The molecule has 1 aromatic carbocycles. The first-order chi connectivity index (χ1) is 18.9. The van der Waals surface area contributed by atoms with Crippen molar-refractivity contribution in [3.05, 3.63) is 24.3 Å². The number of morpholine rings is 1. The number of nitrogens with one attached hydrogen (secondary N) is 2. The van der Waals surface area contributed by atoms with E-state index in [1.165, 1.54) is 0 Å². The minimum Gasteiger partial charge on any atom is -0.494 e. The Hall–Kier alpha value is -2.34. The quantitative estimate of drug-likeness (QED) is 0.369. The smallest absolute Gasteiger partial charge is 0.244 e. The molecule has 2 bridgehead atoms. The van der Waals surface area contributed by atoms with Crippen molar-refractivity contribution in [3.8, 4) is 5.75 Å². The summed E-state index contributed by atoms with van der Waals surface area (Å²) >= 11 is 1.66. The minimum absolute atomic E-state index is 0.0275. The van der Waals surface area contributed by atoms with E-state index in [0.29, 0.717) is 45.0 Å². The number of aliphatic hydroxyl groups excluding tert-OH is 1. The largest absolute Gasteiger partial charge is 0.494 e. The van der Waals surface area contributed by atoms with Gasteiger partial charge in [0.25, 0.3) is 0 Å². The predicted octanol–water partition coefficient (Wildman–Crippen LogP) is 1.19. The van der Waals surface area contributed by atoms with E-state index in [-0.39, 0.29) is 35.5 Å². The normalized spacial score (nSPS) is 31.8. The van der Waals surface area contributed by atoms with Gasteiger partial charge in [-0.2, -0.15) is 0 Å². The number of ether oxygens (including phenoxy) is 2. The highest BCUT2D eigenvalue weighted by atomic mass is 32.2. The number of thioether (sulfide) groups is 1. The van der Waals surface area contributed by atoms with Crippen LogP contribution >= 0.6 is 11.8 Å². The minimum atomic E-state index is -0.667. The molecule has 0 aliphatic carbocycles. The summed E-state index contributed by atoms with van der Waals surface area (Å²) in [6, 6.07) is 6.56. The number of aliphatic hydroxyl groups is 1. The van der Waals surface area contributed by atoms with Crippen molar-refractivity contribution in [1.82, 2.24) is 15.1 Å². The Balaban J connectivity index is 1.35. The van der Waals surface area contributed by atoms with E-state index in [1.54, 1.807) is 28.8 Å². The second-order valence-corrected chi connectivity index (χ2v) is 12.4. The molecular formula is C28H40N4O6S. The lowest BCUT2D eigenvalue weighted by molar-refractivity contribution is -0.139. The summed E-state index contributed by atoms with van der Waals surface area (Å²) in [4.78, 5) is 45.3. The molecule has 39 heavy (non-hydrogen) atoms. The molecule has 0 aromatic heterocycles. The van der Waals surface area contributed by atoms with Crippen LogP contribution in [0.15, 0.2) is 24.3 Å². The van der Waals surface area contributed by atoms with Crippen molar-refractivity contribution in [1.29, 1.82) is 0 Å². The Kier molecular flexibility index (Phi) is 8.70. The maximum Gasteiger partial charge on any atom is 0.244 e. The first-order valence-corrected chi connectivity index (χ1v) is 15.0. The highest BCUT2D eigenvalue weighted by Crippen LogP contribution is 2.68. The second-order valence-electron chi connectivity index (χ2n) is 10.9. The lowest BCUT2D eigenvalue weighted by atomic mass is 9.66. The van der Waals surface area contributed by atoms with E-state index in [4.69, 9.17) is 9.47 Å². The number of hydrogen-bond donors (Lipinski definition) is 3. The number of hydrogen-bond acceptors (Lipinski definition) is 8. The summed E-state index contributed by atoms with van der Waals surface area (Å²) in [5.41, 5.74) is 0.651. The Morgan fingerprint density at radius 2 is 1.92 bits per heavy atom. The molecule has 5 rings (SSSR count). The monoisotopic (exact) mass is 560 g/mol. The zero-order valence-electron chi connectivity index (χ0n) is 22.8. The molecular weight excluding hydrogens is 520 g/mol. The molecule has 11 heteroatoms. The zero-order valence-corrected chi connectivity index (χ0v) is 23.6. The van der Waals surface area contributed by atoms with Gasteiger partial charge in [0.15, 0.2) is 0 Å². The standard InChI is InChI=1S/C28H40N4O6S/c1-3-38-20-7-5-19(6-8-20)30-25(34)22-21-17-18(2)28(39-21)23(22)27(36)32(10-4-14-33)24(28)26(35)29-9-11-31-12-15-37-16-13-31/h5-8,18,21-24,33H,3-4,9-17H2,1-2H3,(H,29,35)(H,30,34)/t18?,21-,22+,23-,24?,28?/m0/s1. The van der Waals surface area contributed by atoms with Gasteiger partial charge in [-0.1, -0.05) is 6.92 Å². The molecule has 3 N–H and O–H groups in total. The molecule has 4 aliphatic rings. The molecule has 214 valence electrons. The second kappa shape index (κ2) is 12.0. The van der Waals surface area contributed by atoms with Crippen LogP contribution in [0.3, 0.4) is 0 Å². The number of anilines is 1. The summed E-state index contributed by atoms with van der Waals surface area (Å²) in [5.74, 6) is -0.758. The van der Waals surface area contributed by atoms with E-state index < -0.39 is 22.6 Å². The third-order valence-corrected chi connectivity index (χ3v) is 10.7. The van der Waals surface area contributed by atoms with Gasteiger partial charge < -0.3 is 30.1 Å². The van der Waals surface area contributed by atoms with Gasteiger partial charge >= 0.3 is 0 Å². The van der Waals surface area contributed by atoms with Gasteiger partial charge in [0, 0.05) is 50.3 Å². The van der Waals surface area contributed by atoms with Crippen LogP contribution in [0.5, 0.6) is 5.75 Å². The number of likely N-dealkylation sites (tertiary alicyclic amines) is 1. The third kappa shape index (κ3) is 5.26. The van der Waals surface area contributed by atoms with Crippen molar-refractivity contribution >= 4 is 35.2 Å². The number of amides is 3. The van der Waals surface area contributed by atoms with Crippen molar-refractivity contribution in [2.45, 2.75) is 42.7 Å². The van der Waals surface area contributed by atoms with Crippen LogP contribution in [-0.2, 0) is 19.1 Å². The van der Waals surface area contributed by atoms with E-state index in [1.807, 2.05) is 19.1 Å². The predicted molar refractivity (Wildman–Crippen MR) is 149 cm³/mol. The molecule has 4 fully saturated rings. The Morgan fingerprint density at radius 3 is 2.62 bits per heavy atom. The highest BCUT2D eigenvalue weighted by molar-refractivity contribution is 8.02. The van der Waals surface area contributed by atoms with Gasteiger partial charge in [0.05, 0.1) is 36.4 Å². The van der Waals surface area contributed by atoms with Crippen LogP contribution in [0.4, 0.5) is 5.69 Å². The average Bonchev–Trinajstić information content (AvgIpc) is 3.52. The lowest BCUT2D eigenvalue weighted by Crippen LogP contribution is -2.57. The zero-order chi connectivity index (χ0) is 27.6. The molecule has 0 saturated carbocycles. The van der Waals surface area contributed by atoms with Gasteiger partial charge in [-0.15, -0.1) is 11.8 Å². The van der Waals surface area contributed by atoms with E-state index in [9.17, 15) is 19.5 Å². The maximum absolute atomic E-state index is 14.0. The van der Waals surface area contributed by atoms with E-state index >= 15 is 0 Å². The molecule has 1 spiro atoms. The third-order valence-electron chi connectivity index (χ3n) is 8.62. The van der Waals surface area contributed by atoms with E-state index in [0.717, 1.165) is 31.8 Å². The number of rotatable bonds is 11.